The van der Waals surface area contributed by atoms with E-state index in [9.17, 15) is 14.7 Å². The van der Waals surface area contributed by atoms with E-state index in [4.69, 9.17) is 9.47 Å². The van der Waals surface area contributed by atoms with Gasteiger partial charge < -0.3 is 23.9 Å². The maximum Gasteiger partial charge on any atom is 0.295 e. The standard InChI is InChI=1S/C28H32N4O5/c1-4-37-21-9-7-20(8-10-21)24-22(25(33)23-19(3)31-11-5-6-18(2)27(31)29-23)26(34)28(35)32(24)13-12-30-14-16-36-17-15-30/h5-11,24,33H,4,12-17H2,1-3H3. The van der Waals surface area contributed by atoms with Gasteiger partial charge >= 0.3 is 0 Å². The fourth-order valence-electron chi connectivity index (χ4n) is 5.12. The summed E-state index contributed by atoms with van der Waals surface area (Å²) in [6, 6.07) is 10.4. The maximum atomic E-state index is 13.4. The second-order valence-electron chi connectivity index (χ2n) is 9.38. The fraction of sp³-hybridized carbons (Fsp3) is 0.393. The molecule has 37 heavy (non-hydrogen) atoms. The topological polar surface area (TPSA) is 96.6 Å². The summed E-state index contributed by atoms with van der Waals surface area (Å²) in [7, 11) is 0. The number of pyridine rings is 1. The van der Waals surface area contributed by atoms with E-state index in [1.165, 1.54) is 0 Å². The van der Waals surface area contributed by atoms with Crippen molar-refractivity contribution in [2.45, 2.75) is 26.8 Å². The summed E-state index contributed by atoms with van der Waals surface area (Å²) in [6.45, 7) is 10.0. The van der Waals surface area contributed by atoms with Crippen molar-refractivity contribution in [3.8, 4) is 5.75 Å². The number of aliphatic hydroxyl groups is 1. The molecule has 2 aliphatic rings. The number of likely N-dealkylation sites (tertiary alicyclic amines) is 1. The summed E-state index contributed by atoms with van der Waals surface area (Å²) in [4.78, 5) is 35.2. The Labute approximate surface area is 215 Å². The summed E-state index contributed by atoms with van der Waals surface area (Å²) < 4.78 is 12.9. The van der Waals surface area contributed by atoms with Gasteiger partial charge in [-0.3, -0.25) is 14.5 Å². The van der Waals surface area contributed by atoms with Gasteiger partial charge in [-0.05, 0) is 50.1 Å². The number of hydrogen-bond acceptors (Lipinski definition) is 7. The number of nitrogens with zero attached hydrogens (tertiary/aromatic N) is 4. The minimum Gasteiger partial charge on any atom is -0.505 e. The Hall–Kier alpha value is -3.69. The molecular formula is C28H32N4O5. The molecule has 4 heterocycles. The van der Waals surface area contributed by atoms with Crippen LogP contribution in [-0.2, 0) is 14.3 Å². The number of carbonyl (C=O) groups excluding carboxylic acids is 2. The van der Waals surface area contributed by atoms with Crippen molar-refractivity contribution in [2.75, 3.05) is 46.0 Å². The van der Waals surface area contributed by atoms with Crippen molar-refractivity contribution in [1.29, 1.82) is 0 Å². The van der Waals surface area contributed by atoms with Crippen LogP contribution in [0.25, 0.3) is 11.4 Å². The predicted molar refractivity (Wildman–Crippen MR) is 139 cm³/mol. The first-order valence-corrected chi connectivity index (χ1v) is 12.7. The molecule has 1 aromatic carbocycles. The van der Waals surface area contributed by atoms with Crippen molar-refractivity contribution in [1.82, 2.24) is 19.2 Å². The van der Waals surface area contributed by atoms with Crippen LogP contribution in [0.2, 0.25) is 0 Å². The van der Waals surface area contributed by atoms with Crippen LogP contribution in [0.1, 0.15) is 35.5 Å². The molecule has 1 atom stereocenters. The van der Waals surface area contributed by atoms with Crippen LogP contribution in [0, 0.1) is 13.8 Å². The third-order valence-electron chi connectivity index (χ3n) is 7.12. The molecule has 2 saturated heterocycles. The Morgan fingerprint density at radius 1 is 1.11 bits per heavy atom. The van der Waals surface area contributed by atoms with Crippen LogP contribution in [-0.4, -0.2) is 82.0 Å². The van der Waals surface area contributed by atoms with Gasteiger partial charge in [-0.2, -0.15) is 0 Å². The first-order valence-electron chi connectivity index (χ1n) is 12.7. The Bertz CT molecular complexity index is 1350. The van der Waals surface area contributed by atoms with E-state index in [1.54, 1.807) is 4.90 Å². The first-order chi connectivity index (χ1) is 17.9. The van der Waals surface area contributed by atoms with Crippen molar-refractivity contribution in [3.63, 3.8) is 0 Å². The third-order valence-corrected chi connectivity index (χ3v) is 7.12. The lowest BCUT2D eigenvalue weighted by atomic mass is 9.96. The van der Waals surface area contributed by atoms with E-state index in [1.807, 2.05) is 67.8 Å². The number of amides is 1. The molecule has 1 N–H and O–H groups in total. The number of Topliss-reactive ketones (excluding diaryl/α,β-unsaturated/α-hetero) is 1. The number of carbonyl (C=O) groups is 2. The lowest BCUT2D eigenvalue weighted by Gasteiger charge is -2.31. The molecule has 9 nitrogen and oxygen atoms in total. The number of imidazole rings is 1. The quantitative estimate of drug-likeness (QED) is 0.300. The number of benzene rings is 1. The molecule has 2 fully saturated rings. The molecule has 0 bridgehead atoms. The van der Waals surface area contributed by atoms with Crippen LogP contribution in [0.5, 0.6) is 5.75 Å². The molecule has 0 aliphatic carbocycles. The van der Waals surface area contributed by atoms with Gasteiger partial charge in [0.1, 0.15) is 17.1 Å². The third kappa shape index (κ3) is 4.60. The normalized spacial score (nSPS) is 20.2. The lowest BCUT2D eigenvalue weighted by molar-refractivity contribution is -0.140. The van der Waals surface area contributed by atoms with Gasteiger partial charge in [0.15, 0.2) is 5.76 Å². The highest BCUT2D eigenvalue weighted by atomic mass is 16.5. The largest absolute Gasteiger partial charge is 0.505 e. The number of morpholine rings is 1. The van der Waals surface area contributed by atoms with Gasteiger partial charge in [0, 0.05) is 32.4 Å². The van der Waals surface area contributed by atoms with E-state index in [0.29, 0.717) is 55.7 Å². The van der Waals surface area contributed by atoms with Gasteiger partial charge in [-0.1, -0.05) is 18.2 Å². The van der Waals surface area contributed by atoms with Crippen LogP contribution in [0.15, 0.2) is 48.2 Å². The number of ether oxygens (including phenoxy) is 2. The minimum absolute atomic E-state index is 0.0558. The number of aromatic nitrogens is 2. The minimum atomic E-state index is -0.734. The zero-order valence-electron chi connectivity index (χ0n) is 21.4. The SMILES string of the molecule is CCOc1ccc(C2C(=C(O)c3nc4c(C)cccn4c3C)C(=O)C(=O)N2CCN2CCOCC2)cc1. The highest BCUT2D eigenvalue weighted by molar-refractivity contribution is 6.46. The van der Waals surface area contributed by atoms with Crippen molar-refractivity contribution < 1.29 is 24.2 Å². The number of aliphatic hydroxyl groups excluding tert-OH is 1. The van der Waals surface area contributed by atoms with Crippen molar-refractivity contribution >= 4 is 23.1 Å². The van der Waals surface area contributed by atoms with Gasteiger partial charge in [-0.25, -0.2) is 4.98 Å². The molecule has 0 saturated carbocycles. The van der Waals surface area contributed by atoms with Gasteiger partial charge in [0.25, 0.3) is 11.7 Å². The molecule has 0 spiro atoms. The fourth-order valence-corrected chi connectivity index (χ4v) is 5.12. The highest BCUT2D eigenvalue weighted by Gasteiger charge is 2.46. The van der Waals surface area contributed by atoms with Crippen LogP contribution in [0.4, 0.5) is 0 Å². The van der Waals surface area contributed by atoms with Gasteiger partial charge in [0.05, 0.1) is 37.1 Å². The van der Waals surface area contributed by atoms with Crippen LogP contribution < -0.4 is 4.74 Å². The van der Waals surface area contributed by atoms with Gasteiger partial charge in [-0.15, -0.1) is 0 Å². The van der Waals surface area contributed by atoms with Crippen molar-refractivity contribution in [3.05, 3.63) is 70.7 Å². The second kappa shape index (κ2) is 10.4. The molecule has 5 rings (SSSR count). The summed E-state index contributed by atoms with van der Waals surface area (Å²) in [6.07, 6.45) is 1.87. The maximum absolute atomic E-state index is 13.4. The number of hydrogen-bond donors (Lipinski definition) is 1. The van der Waals surface area contributed by atoms with Crippen molar-refractivity contribution in [2.24, 2.45) is 0 Å². The Morgan fingerprint density at radius 2 is 1.84 bits per heavy atom. The molecule has 2 aliphatic heterocycles. The summed E-state index contributed by atoms with van der Waals surface area (Å²) in [5.74, 6) is -0.882. The van der Waals surface area contributed by atoms with Gasteiger partial charge in [0.2, 0.25) is 0 Å². The van der Waals surface area contributed by atoms with E-state index in [0.717, 1.165) is 24.2 Å². The molecule has 9 heteroatoms. The molecule has 1 amide bonds. The molecule has 3 aromatic rings. The molecule has 194 valence electrons. The van der Waals surface area contributed by atoms with Crippen LogP contribution >= 0.6 is 0 Å². The smallest absolute Gasteiger partial charge is 0.295 e. The first kappa shape index (κ1) is 25.0. The van der Waals surface area contributed by atoms with Crippen LogP contribution in [0.3, 0.4) is 0 Å². The Morgan fingerprint density at radius 3 is 2.51 bits per heavy atom. The molecule has 0 radical (unpaired) electrons. The molecule has 1 unspecified atom stereocenters. The number of ketones is 1. The average molecular weight is 505 g/mol. The Kier molecular flexibility index (Phi) is 6.99. The monoisotopic (exact) mass is 504 g/mol. The molecular weight excluding hydrogens is 472 g/mol. The highest BCUT2D eigenvalue weighted by Crippen LogP contribution is 2.40. The number of rotatable bonds is 7. The van der Waals surface area contributed by atoms with E-state index in [-0.39, 0.29) is 11.3 Å². The second-order valence-corrected chi connectivity index (χ2v) is 9.38. The lowest BCUT2D eigenvalue weighted by Crippen LogP contribution is -2.42. The average Bonchev–Trinajstić information content (AvgIpc) is 3.38. The Balaban J connectivity index is 1.59. The summed E-state index contributed by atoms with van der Waals surface area (Å²) in [5, 5.41) is 11.5. The van der Waals surface area contributed by atoms with E-state index in [2.05, 4.69) is 9.88 Å². The summed E-state index contributed by atoms with van der Waals surface area (Å²) >= 11 is 0. The zero-order chi connectivity index (χ0) is 26.1. The summed E-state index contributed by atoms with van der Waals surface area (Å²) in [5.41, 5.74) is 3.42. The number of fused-ring (bicyclic) bond motifs is 1. The van der Waals surface area contributed by atoms with E-state index < -0.39 is 17.7 Å². The molecule has 2 aromatic heterocycles. The van der Waals surface area contributed by atoms with E-state index >= 15 is 0 Å². The predicted octanol–water partition coefficient (Wildman–Crippen LogP) is 3.10. The number of aryl methyl sites for hydroxylation is 2. The zero-order valence-corrected chi connectivity index (χ0v) is 21.4.